The molecule has 0 saturated carbocycles. The van der Waals surface area contributed by atoms with Crippen molar-refractivity contribution in [1.82, 2.24) is 0 Å². The maximum atomic E-state index is 13.3. The molecule has 0 aliphatic rings. The second-order valence-corrected chi connectivity index (χ2v) is 5.87. The normalized spacial score (nSPS) is 14.5. The highest BCUT2D eigenvalue weighted by Crippen LogP contribution is 2.21. The summed E-state index contributed by atoms with van der Waals surface area (Å²) in [5.41, 5.74) is 7.24. The Kier molecular flexibility index (Phi) is 6.87. The Balaban J connectivity index is 2.63. The van der Waals surface area contributed by atoms with Gasteiger partial charge in [-0.05, 0) is 42.5 Å². The van der Waals surface area contributed by atoms with Gasteiger partial charge < -0.3 is 5.73 Å². The zero-order valence-electron chi connectivity index (χ0n) is 11.3. The molecule has 0 aliphatic heterocycles. The van der Waals surface area contributed by atoms with Gasteiger partial charge in [-0.1, -0.05) is 49.0 Å². The summed E-state index contributed by atoms with van der Waals surface area (Å²) in [6.07, 6.45) is 5.44. The monoisotopic (exact) mass is 315 g/mol. The molecule has 0 bridgehead atoms. The number of hydrogen-bond donors (Lipinski definition) is 1. The number of benzene rings is 1. The third kappa shape index (κ3) is 5.07. The van der Waals surface area contributed by atoms with Crippen LogP contribution in [-0.2, 0) is 6.42 Å². The fraction of sp³-hybridized carbons (Fsp3) is 0.600. The minimum atomic E-state index is -0.201. The van der Waals surface area contributed by atoms with E-state index in [4.69, 9.17) is 5.73 Å². The Labute approximate surface area is 118 Å². The molecule has 0 aliphatic carbocycles. The highest BCUT2D eigenvalue weighted by atomic mass is 79.9. The van der Waals surface area contributed by atoms with E-state index in [-0.39, 0.29) is 11.9 Å². The zero-order chi connectivity index (χ0) is 13.5. The largest absolute Gasteiger partial charge is 0.327 e. The molecule has 1 aromatic carbocycles. The molecule has 2 N–H and O–H groups in total. The molecule has 1 aromatic rings. The van der Waals surface area contributed by atoms with Gasteiger partial charge in [0.25, 0.3) is 0 Å². The third-order valence-electron chi connectivity index (χ3n) is 3.45. The average Bonchev–Trinajstić information content (AvgIpc) is 2.28. The zero-order valence-corrected chi connectivity index (χ0v) is 12.8. The van der Waals surface area contributed by atoms with Crippen LogP contribution in [0.1, 0.15) is 45.1 Å². The molecule has 0 fully saturated rings. The van der Waals surface area contributed by atoms with E-state index in [1.807, 2.05) is 6.07 Å². The van der Waals surface area contributed by atoms with Crippen LogP contribution in [0.5, 0.6) is 0 Å². The van der Waals surface area contributed by atoms with Crippen LogP contribution in [0.4, 0.5) is 4.39 Å². The van der Waals surface area contributed by atoms with Crippen molar-refractivity contribution in [3.05, 3.63) is 34.1 Å². The van der Waals surface area contributed by atoms with E-state index in [9.17, 15) is 4.39 Å². The van der Waals surface area contributed by atoms with Gasteiger partial charge >= 0.3 is 0 Å². The molecule has 0 heterocycles. The van der Waals surface area contributed by atoms with Crippen LogP contribution < -0.4 is 5.73 Å². The van der Waals surface area contributed by atoms with E-state index in [0.717, 1.165) is 22.9 Å². The van der Waals surface area contributed by atoms with Gasteiger partial charge in [-0.25, -0.2) is 4.39 Å². The van der Waals surface area contributed by atoms with Crippen molar-refractivity contribution in [2.75, 3.05) is 0 Å². The van der Waals surface area contributed by atoms with E-state index >= 15 is 0 Å². The van der Waals surface area contributed by atoms with Crippen molar-refractivity contribution in [1.29, 1.82) is 0 Å². The average molecular weight is 316 g/mol. The first-order valence-electron chi connectivity index (χ1n) is 6.77. The summed E-state index contributed by atoms with van der Waals surface area (Å²) in [5, 5.41) is 0. The molecule has 1 rings (SSSR count). The highest BCUT2D eigenvalue weighted by Gasteiger charge is 2.16. The number of halogens is 2. The summed E-state index contributed by atoms with van der Waals surface area (Å²) in [5.74, 6) is 0.333. The summed E-state index contributed by atoms with van der Waals surface area (Å²) in [6, 6.07) is 5.13. The first-order valence-corrected chi connectivity index (χ1v) is 7.56. The van der Waals surface area contributed by atoms with Gasteiger partial charge in [0.05, 0.1) is 0 Å². The van der Waals surface area contributed by atoms with Gasteiger partial charge in [0.1, 0.15) is 5.82 Å². The fourth-order valence-corrected chi connectivity index (χ4v) is 2.87. The van der Waals surface area contributed by atoms with Crippen molar-refractivity contribution in [3.63, 3.8) is 0 Å². The topological polar surface area (TPSA) is 26.0 Å². The quantitative estimate of drug-likeness (QED) is 0.777. The molecule has 0 saturated heterocycles. The van der Waals surface area contributed by atoms with Gasteiger partial charge in [0, 0.05) is 10.5 Å². The van der Waals surface area contributed by atoms with Crippen molar-refractivity contribution >= 4 is 15.9 Å². The lowest BCUT2D eigenvalue weighted by Crippen LogP contribution is -2.32. The molecule has 102 valence electrons. The van der Waals surface area contributed by atoms with Crippen LogP contribution in [0.2, 0.25) is 0 Å². The lowest BCUT2D eigenvalue weighted by molar-refractivity contribution is 0.368. The second kappa shape index (κ2) is 7.90. The minimum absolute atomic E-state index is 0.121. The highest BCUT2D eigenvalue weighted by molar-refractivity contribution is 9.10. The number of hydrogen-bond acceptors (Lipinski definition) is 1. The smallest absolute Gasteiger partial charge is 0.124 e. The summed E-state index contributed by atoms with van der Waals surface area (Å²) < 4.78 is 14.1. The summed E-state index contributed by atoms with van der Waals surface area (Å²) >= 11 is 3.32. The molecule has 0 aromatic heterocycles. The van der Waals surface area contributed by atoms with E-state index in [1.54, 1.807) is 6.07 Å². The molecular weight excluding hydrogens is 293 g/mol. The lowest BCUT2D eigenvalue weighted by Gasteiger charge is -2.22. The summed E-state index contributed by atoms with van der Waals surface area (Å²) in [6.45, 7) is 4.38. The molecule has 1 nitrogen and oxygen atoms in total. The molecule has 2 unspecified atom stereocenters. The first kappa shape index (κ1) is 15.6. The number of rotatable bonds is 7. The van der Waals surface area contributed by atoms with Crippen LogP contribution in [0.3, 0.4) is 0 Å². The Morgan fingerprint density at radius 3 is 2.56 bits per heavy atom. The number of unbranched alkanes of at least 4 members (excludes halogenated alkanes) is 1. The SMILES string of the molecule is CCCCC(CC)C(N)Cc1cc(F)cc(Br)c1. The lowest BCUT2D eigenvalue weighted by atomic mass is 9.88. The standard InChI is InChI=1S/C15H23BrFN/c1-3-5-6-12(4-2)15(18)9-11-7-13(16)10-14(17)8-11/h7-8,10,12,15H,3-6,9,18H2,1-2H3. The molecule has 18 heavy (non-hydrogen) atoms. The second-order valence-electron chi connectivity index (χ2n) is 4.96. The Morgan fingerprint density at radius 2 is 2.00 bits per heavy atom. The number of nitrogens with two attached hydrogens (primary N) is 1. The summed E-state index contributed by atoms with van der Waals surface area (Å²) in [7, 11) is 0. The van der Waals surface area contributed by atoms with Gasteiger partial charge in [-0.3, -0.25) is 0 Å². The Morgan fingerprint density at radius 1 is 1.28 bits per heavy atom. The van der Waals surface area contributed by atoms with Crippen LogP contribution in [-0.4, -0.2) is 6.04 Å². The van der Waals surface area contributed by atoms with Crippen LogP contribution in [0, 0.1) is 11.7 Å². The molecular formula is C15H23BrFN. The van der Waals surface area contributed by atoms with Crippen molar-refractivity contribution in [3.8, 4) is 0 Å². The fourth-order valence-electron chi connectivity index (χ4n) is 2.35. The molecule has 0 amide bonds. The van der Waals surface area contributed by atoms with Crippen molar-refractivity contribution in [2.45, 2.75) is 52.0 Å². The first-order chi connectivity index (χ1) is 8.56. The van der Waals surface area contributed by atoms with Crippen molar-refractivity contribution < 1.29 is 4.39 Å². The van der Waals surface area contributed by atoms with E-state index in [2.05, 4.69) is 29.8 Å². The van der Waals surface area contributed by atoms with Crippen molar-refractivity contribution in [2.24, 2.45) is 11.7 Å². The molecule has 2 atom stereocenters. The Bertz CT molecular complexity index is 347. The molecule has 3 heteroatoms. The molecule has 0 radical (unpaired) electrons. The third-order valence-corrected chi connectivity index (χ3v) is 3.91. The van der Waals surface area contributed by atoms with E-state index < -0.39 is 0 Å². The minimum Gasteiger partial charge on any atom is -0.327 e. The molecule has 0 spiro atoms. The van der Waals surface area contributed by atoms with Crippen LogP contribution in [0.15, 0.2) is 22.7 Å². The van der Waals surface area contributed by atoms with Crippen LogP contribution in [0.25, 0.3) is 0 Å². The predicted molar refractivity (Wildman–Crippen MR) is 79.1 cm³/mol. The van der Waals surface area contributed by atoms with E-state index in [1.165, 1.54) is 25.3 Å². The van der Waals surface area contributed by atoms with Gasteiger partial charge in [0.15, 0.2) is 0 Å². The maximum absolute atomic E-state index is 13.3. The van der Waals surface area contributed by atoms with Gasteiger partial charge in [-0.2, -0.15) is 0 Å². The summed E-state index contributed by atoms with van der Waals surface area (Å²) in [4.78, 5) is 0. The van der Waals surface area contributed by atoms with Gasteiger partial charge in [-0.15, -0.1) is 0 Å². The van der Waals surface area contributed by atoms with Crippen LogP contribution >= 0.6 is 15.9 Å². The maximum Gasteiger partial charge on any atom is 0.124 e. The Hall–Kier alpha value is -0.410. The van der Waals surface area contributed by atoms with Gasteiger partial charge in [0.2, 0.25) is 0 Å². The van der Waals surface area contributed by atoms with E-state index in [0.29, 0.717) is 5.92 Å². The predicted octanol–water partition coefficient (Wildman–Crippen LogP) is 4.67.